The number of rotatable bonds is 4. The molecule has 6 aromatic rings. The summed E-state index contributed by atoms with van der Waals surface area (Å²) in [5.74, 6) is 0.895. The maximum atomic E-state index is 6.27. The molecule has 0 aromatic heterocycles. The van der Waals surface area contributed by atoms with Crippen LogP contribution in [0.25, 0.3) is 0 Å². The van der Waals surface area contributed by atoms with Gasteiger partial charge in [0.15, 0.2) is 24.4 Å². The molecular weight excluding hydrogens is 759 g/mol. The number of fused-ring (bicyclic) bond motifs is 3. The van der Waals surface area contributed by atoms with E-state index in [9.17, 15) is 0 Å². The predicted octanol–water partition coefficient (Wildman–Crippen LogP) is 10.5. The third-order valence-corrected chi connectivity index (χ3v) is 10.5. The zero-order valence-electron chi connectivity index (χ0n) is 31.9. The van der Waals surface area contributed by atoms with Gasteiger partial charge in [-0.3, -0.25) is 0 Å². The van der Waals surface area contributed by atoms with Gasteiger partial charge in [-0.2, -0.15) is 13.7 Å². The lowest BCUT2D eigenvalue weighted by molar-refractivity contribution is -0.436. The van der Waals surface area contributed by atoms with Gasteiger partial charge in [-0.05, 0) is 60.7 Å². The molecule has 3 aliphatic rings. The predicted molar refractivity (Wildman–Crippen MR) is 235 cm³/mol. The monoisotopic (exact) mass is 801 g/mol. The van der Waals surface area contributed by atoms with Gasteiger partial charge < -0.3 is 19.4 Å². The van der Waals surface area contributed by atoms with Crippen LogP contribution in [0.15, 0.2) is 140 Å². The van der Waals surface area contributed by atoms with E-state index in [1.54, 1.807) is 13.2 Å². The van der Waals surface area contributed by atoms with Gasteiger partial charge in [0.25, 0.3) is 0 Å². The number of hydrogen-bond donors (Lipinski definition) is 0. The molecule has 0 N–H and O–H groups in total. The SMILES string of the molecule is CN1C[N+](c2ccc(Cl)cc2Cl)=Cc2ccccc21.CN1C[N+](c2cccc(Cl)c2)=Cc2ccccc21.COc1ccccc1[N+]1=Cc2ccccc2N(C)C1. The van der Waals surface area contributed by atoms with Crippen molar-refractivity contribution in [2.45, 2.75) is 0 Å². The van der Waals surface area contributed by atoms with Crippen molar-refractivity contribution in [2.75, 3.05) is 63.0 Å². The van der Waals surface area contributed by atoms with Crippen molar-refractivity contribution in [1.29, 1.82) is 0 Å². The van der Waals surface area contributed by atoms with Gasteiger partial charge in [-0.15, -0.1) is 0 Å². The van der Waals surface area contributed by atoms with E-state index in [1.807, 2.05) is 60.7 Å². The molecule has 0 amide bonds. The molecular formula is C46H44Cl3N6O+3. The summed E-state index contributed by atoms with van der Waals surface area (Å²) in [5.41, 5.74) is 10.5. The summed E-state index contributed by atoms with van der Waals surface area (Å²) in [5, 5.41) is 2.08. The quantitative estimate of drug-likeness (QED) is 0.166. The molecule has 0 fully saturated rings. The van der Waals surface area contributed by atoms with Crippen LogP contribution >= 0.6 is 34.8 Å². The number of benzene rings is 6. The molecule has 56 heavy (non-hydrogen) atoms. The smallest absolute Gasteiger partial charge is 0.249 e. The highest BCUT2D eigenvalue weighted by atomic mass is 35.5. The van der Waals surface area contributed by atoms with Crippen molar-refractivity contribution < 1.29 is 18.5 Å². The maximum absolute atomic E-state index is 6.27. The highest BCUT2D eigenvalue weighted by molar-refractivity contribution is 6.36. The third-order valence-electron chi connectivity index (χ3n) is 9.78. The zero-order valence-corrected chi connectivity index (χ0v) is 34.1. The molecule has 282 valence electrons. The van der Waals surface area contributed by atoms with Gasteiger partial charge in [0.05, 0.1) is 40.9 Å². The molecule has 0 saturated heterocycles. The lowest BCUT2D eigenvalue weighted by Gasteiger charge is -2.23. The second kappa shape index (κ2) is 17.5. The van der Waals surface area contributed by atoms with Crippen molar-refractivity contribution in [1.82, 2.24) is 0 Å². The fraction of sp³-hybridized carbons (Fsp3) is 0.152. The first-order valence-corrected chi connectivity index (χ1v) is 19.4. The van der Waals surface area contributed by atoms with Crippen LogP contribution in [0.4, 0.5) is 34.1 Å². The Morgan fingerprint density at radius 3 is 1.46 bits per heavy atom. The minimum Gasteiger partial charge on any atom is -0.490 e. The van der Waals surface area contributed by atoms with E-state index in [0.29, 0.717) is 10.0 Å². The Balaban J connectivity index is 0.000000129. The zero-order chi connectivity index (χ0) is 39.2. The molecule has 10 heteroatoms. The van der Waals surface area contributed by atoms with E-state index in [4.69, 9.17) is 39.5 Å². The molecule has 0 atom stereocenters. The average Bonchev–Trinajstić information content (AvgIpc) is 3.21. The first-order valence-electron chi connectivity index (χ1n) is 18.3. The Hall–Kier alpha value is -5.60. The molecule has 3 aliphatic heterocycles. The Morgan fingerprint density at radius 2 is 0.929 bits per heavy atom. The number of para-hydroxylation sites is 5. The summed E-state index contributed by atoms with van der Waals surface area (Å²) < 4.78 is 12.0. The number of halogens is 3. The van der Waals surface area contributed by atoms with Crippen molar-refractivity contribution in [3.63, 3.8) is 0 Å². The number of anilines is 3. The molecule has 7 nitrogen and oxygen atoms in total. The van der Waals surface area contributed by atoms with E-state index in [0.717, 1.165) is 47.8 Å². The first kappa shape index (κ1) is 38.7. The van der Waals surface area contributed by atoms with Crippen LogP contribution < -0.4 is 19.4 Å². The van der Waals surface area contributed by atoms with Crippen LogP contribution in [0.3, 0.4) is 0 Å². The van der Waals surface area contributed by atoms with Crippen molar-refractivity contribution in [3.05, 3.63) is 171 Å². The van der Waals surface area contributed by atoms with Crippen LogP contribution in [-0.4, -0.2) is 80.6 Å². The molecule has 0 saturated carbocycles. The lowest BCUT2D eigenvalue weighted by atomic mass is 10.1. The van der Waals surface area contributed by atoms with Gasteiger partial charge in [0, 0.05) is 55.5 Å². The Morgan fingerprint density at radius 1 is 0.464 bits per heavy atom. The van der Waals surface area contributed by atoms with Crippen molar-refractivity contribution in [2.24, 2.45) is 0 Å². The average molecular weight is 803 g/mol. The van der Waals surface area contributed by atoms with Gasteiger partial charge in [0.1, 0.15) is 5.02 Å². The number of nitrogens with zero attached hydrogens (tertiary/aromatic N) is 6. The second-order valence-electron chi connectivity index (χ2n) is 13.7. The molecule has 0 bridgehead atoms. The van der Waals surface area contributed by atoms with Crippen LogP contribution in [0.2, 0.25) is 15.1 Å². The van der Waals surface area contributed by atoms with E-state index >= 15 is 0 Å². The van der Waals surface area contributed by atoms with Gasteiger partial charge in [0.2, 0.25) is 37.1 Å². The minimum atomic E-state index is 0.652. The van der Waals surface area contributed by atoms with Crippen LogP contribution in [-0.2, 0) is 0 Å². The van der Waals surface area contributed by atoms with E-state index < -0.39 is 0 Å². The number of ether oxygens (including phenoxy) is 1. The summed E-state index contributed by atoms with van der Waals surface area (Å²) in [6.07, 6.45) is 6.46. The fourth-order valence-electron chi connectivity index (χ4n) is 7.06. The van der Waals surface area contributed by atoms with E-state index in [-0.39, 0.29) is 0 Å². The summed E-state index contributed by atoms with van der Waals surface area (Å²) in [6.45, 7) is 2.41. The van der Waals surface area contributed by atoms with E-state index in [1.165, 1.54) is 33.8 Å². The van der Waals surface area contributed by atoms with Crippen LogP contribution in [0.5, 0.6) is 5.75 Å². The molecule has 0 spiro atoms. The lowest BCUT2D eigenvalue weighted by Crippen LogP contribution is -2.32. The molecule has 3 heterocycles. The van der Waals surface area contributed by atoms with Crippen molar-refractivity contribution in [3.8, 4) is 5.75 Å². The minimum absolute atomic E-state index is 0.652. The van der Waals surface area contributed by atoms with E-state index in [2.05, 4.69) is 141 Å². The van der Waals surface area contributed by atoms with Gasteiger partial charge in [-0.1, -0.05) is 89.4 Å². The summed E-state index contributed by atoms with van der Waals surface area (Å²) >= 11 is 18.3. The van der Waals surface area contributed by atoms with Gasteiger partial charge in [-0.25, -0.2) is 0 Å². The first-order chi connectivity index (χ1) is 27.2. The Labute approximate surface area is 344 Å². The third kappa shape index (κ3) is 8.76. The molecule has 9 rings (SSSR count). The molecule has 0 unspecified atom stereocenters. The Bertz CT molecular complexity index is 2460. The largest absolute Gasteiger partial charge is 0.490 e. The van der Waals surface area contributed by atoms with Crippen LogP contribution in [0.1, 0.15) is 16.7 Å². The normalized spacial score (nSPS) is 14.0. The van der Waals surface area contributed by atoms with Crippen molar-refractivity contribution >= 4 is 87.6 Å². The summed E-state index contributed by atoms with van der Waals surface area (Å²) in [7, 11) is 7.99. The summed E-state index contributed by atoms with van der Waals surface area (Å²) in [4.78, 5) is 6.66. The van der Waals surface area contributed by atoms with Gasteiger partial charge >= 0.3 is 0 Å². The molecule has 0 radical (unpaired) electrons. The Kier molecular flexibility index (Phi) is 12.1. The summed E-state index contributed by atoms with van der Waals surface area (Å²) in [6, 6.07) is 46.7. The highest BCUT2D eigenvalue weighted by Crippen LogP contribution is 2.32. The molecule has 0 aliphatic carbocycles. The standard InChI is InChI=1S/C16H17N2O.C15H13Cl2N2.C15H14ClN2/c1-17-12-18(11-13-7-3-4-8-14(13)17)15-9-5-6-10-16(15)19-2;1-18-10-19(9-11-4-2-3-5-14(11)18)15-7-6-12(16)8-13(15)17;1-17-11-18(14-7-4-6-13(16)9-14)10-12-5-2-3-8-15(12)17/h3-11H,12H2,1-2H3;2-9H,10H2,1H3;2-10H,11H2,1H3/q3*+1. The number of methoxy groups -OCH3 is 1. The fourth-order valence-corrected chi connectivity index (χ4v) is 7.76. The highest BCUT2D eigenvalue weighted by Gasteiger charge is 2.25. The topological polar surface area (TPSA) is 28.0 Å². The molecule has 6 aromatic carbocycles. The van der Waals surface area contributed by atoms with Crippen LogP contribution in [0, 0.1) is 0 Å². The maximum Gasteiger partial charge on any atom is 0.249 e. The number of hydrogen-bond acceptors (Lipinski definition) is 4. The second-order valence-corrected chi connectivity index (χ2v) is 15.0.